The van der Waals surface area contributed by atoms with Crippen molar-refractivity contribution in [2.45, 2.75) is 19.4 Å². The molecule has 1 N–H and O–H groups in total. The van der Waals surface area contributed by atoms with E-state index in [9.17, 15) is 13.2 Å². The number of hydrogen-bond acceptors (Lipinski definition) is 4. The number of hydrogen-bond donors (Lipinski definition) is 1. The van der Waals surface area contributed by atoms with Crippen LogP contribution in [0.25, 0.3) is 0 Å². The Bertz CT molecular complexity index is 594. The van der Waals surface area contributed by atoms with Gasteiger partial charge in [-0.1, -0.05) is 12.1 Å². The molecule has 0 bridgehead atoms. The van der Waals surface area contributed by atoms with Crippen molar-refractivity contribution in [2.24, 2.45) is 5.92 Å². The van der Waals surface area contributed by atoms with Gasteiger partial charge in [-0.3, -0.25) is 4.79 Å². The Kier molecular flexibility index (Phi) is 4.88. The first-order valence-electron chi connectivity index (χ1n) is 7.09. The van der Waals surface area contributed by atoms with Crippen molar-refractivity contribution in [1.29, 1.82) is 0 Å². The lowest BCUT2D eigenvalue weighted by molar-refractivity contribution is -0.122. The third kappa shape index (κ3) is 4.74. The van der Waals surface area contributed by atoms with Gasteiger partial charge < -0.3 is 10.2 Å². The van der Waals surface area contributed by atoms with Crippen LogP contribution in [0.2, 0.25) is 0 Å². The molecule has 1 aromatic rings. The molecule has 6 heteroatoms. The quantitative estimate of drug-likeness (QED) is 0.887. The number of nitrogens with zero attached hydrogens (tertiary/aromatic N) is 1. The van der Waals surface area contributed by atoms with E-state index in [-0.39, 0.29) is 23.3 Å². The van der Waals surface area contributed by atoms with Gasteiger partial charge in [0.05, 0.1) is 11.5 Å². The number of benzene rings is 1. The number of nitrogens with one attached hydrogen (secondary N) is 1. The Morgan fingerprint density at radius 3 is 2.48 bits per heavy atom. The highest BCUT2D eigenvalue weighted by Gasteiger charge is 2.29. The SMILES string of the molecule is CN(C)c1ccc(CNC(=O)C[C@@H]2CCS(=O)(=O)C2)cc1. The van der Waals surface area contributed by atoms with E-state index in [1.807, 2.05) is 43.3 Å². The first-order valence-corrected chi connectivity index (χ1v) is 8.91. The molecule has 1 saturated heterocycles. The predicted molar refractivity (Wildman–Crippen MR) is 84.0 cm³/mol. The van der Waals surface area contributed by atoms with E-state index in [4.69, 9.17) is 0 Å². The van der Waals surface area contributed by atoms with Gasteiger partial charge in [0, 0.05) is 32.7 Å². The summed E-state index contributed by atoms with van der Waals surface area (Å²) in [6.07, 6.45) is 0.905. The molecule has 0 radical (unpaired) electrons. The van der Waals surface area contributed by atoms with Crippen LogP contribution < -0.4 is 10.2 Å². The van der Waals surface area contributed by atoms with Crippen LogP contribution in [0.5, 0.6) is 0 Å². The van der Waals surface area contributed by atoms with Crippen molar-refractivity contribution in [2.75, 3.05) is 30.5 Å². The van der Waals surface area contributed by atoms with Crippen LogP contribution in [0, 0.1) is 5.92 Å². The summed E-state index contributed by atoms with van der Waals surface area (Å²) in [5, 5.41) is 2.85. The fourth-order valence-electron chi connectivity index (χ4n) is 2.48. The molecule has 21 heavy (non-hydrogen) atoms. The summed E-state index contributed by atoms with van der Waals surface area (Å²) in [4.78, 5) is 13.9. The van der Waals surface area contributed by atoms with Gasteiger partial charge in [0.2, 0.25) is 5.91 Å². The van der Waals surface area contributed by atoms with Crippen molar-refractivity contribution in [3.05, 3.63) is 29.8 Å². The first-order chi connectivity index (χ1) is 9.85. The van der Waals surface area contributed by atoms with Crippen LogP contribution in [0.1, 0.15) is 18.4 Å². The average molecular weight is 310 g/mol. The maximum atomic E-state index is 11.8. The smallest absolute Gasteiger partial charge is 0.220 e. The van der Waals surface area contributed by atoms with Crippen LogP contribution in [0.3, 0.4) is 0 Å². The third-order valence-electron chi connectivity index (χ3n) is 3.74. The van der Waals surface area contributed by atoms with Gasteiger partial charge in [-0.25, -0.2) is 8.42 Å². The molecular formula is C15H22N2O3S. The number of anilines is 1. The first kappa shape index (κ1) is 15.8. The highest BCUT2D eigenvalue weighted by Crippen LogP contribution is 2.21. The zero-order chi connectivity index (χ0) is 15.5. The van der Waals surface area contributed by atoms with Gasteiger partial charge in [-0.05, 0) is 30.0 Å². The van der Waals surface area contributed by atoms with Gasteiger partial charge in [-0.15, -0.1) is 0 Å². The Labute approximate surface area is 126 Å². The van der Waals surface area contributed by atoms with E-state index in [2.05, 4.69) is 5.32 Å². The molecule has 116 valence electrons. The zero-order valence-corrected chi connectivity index (χ0v) is 13.3. The van der Waals surface area contributed by atoms with Crippen molar-refractivity contribution < 1.29 is 13.2 Å². The van der Waals surface area contributed by atoms with Crippen molar-refractivity contribution in [1.82, 2.24) is 5.32 Å². The molecule has 0 unspecified atom stereocenters. The maximum Gasteiger partial charge on any atom is 0.220 e. The number of sulfone groups is 1. The van der Waals surface area contributed by atoms with E-state index < -0.39 is 9.84 Å². The molecule has 1 aliphatic rings. The highest BCUT2D eigenvalue weighted by atomic mass is 32.2. The number of carbonyl (C=O) groups is 1. The molecule has 1 heterocycles. The topological polar surface area (TPSA) is 66.5 Å². The largest absolute Gasteiger partial charge is 0.378 e. The molecule has 1 fully saturated rings. The Balaban J connectivity index is 1.79. The average Bonchev–Trinajstić information content (AvgIpc) is 2.76. The van der Waals surface area contributed by atoms with Gasteiger partial charge in [0.15, 0.2) is 9.84 Å². The lowest BCUT2D eigenvalue weighted by atomic mass is 10.0. The molecule has 2 rings (SSSR count). The van der Waals surface area contributed by atoms with E-state index >= 15 is 0 Å². The lowest BCUT2D eigenvalue weighted by Gasteiger charge is -2.13. The minimum absolute atomic E-state index is 0.0221. The maximum absolute atomic E-state index is 11.8. The van der Waals surface area contributed by atoms with Gasteiger partial charge >= 0.3 is 0 Å². The molecule has 1 atom stereocenters. The summed E-state index contributed by atoms with van der Waals surface area (Å²) in [6, 6.07) is 7.97. The molecule has 0 aliphatic carbocycles. The molecule has 0 aromatic heterocycles. The van der Waals surface area contributed by atoms with Crippen LogP contribution in [0.15, 0.2) is 24.3 Å². The predicted octanol–water partition coefficient (Wildman–Crippen LogP) is 1.19. The van der Waals surface area contributed by atoms with Crippen LogP contribution in [-0.2, 0) is 21.2 Å². The summed E-state index contributed by atoms with van der Waals surface area (Å²) in [5.74, 6) is 0.273. The second-order valence-corrected chi connectivity index (χ2v) is 8.04. The summed E-state index contributed by atoms with van der Waals surface area (Å²) >= 11 is 0. The lowest BCUT2D eigenvalue weighted by Crippen LogP contribution is -2.25. The van der Waals surface area contributed by atoms with E-state index in [1.54, 1.807) is 0 Å². The zero-order valence-electron chi connectivity index (χ0n) is 12.5. The molecule has 0 spiro atoms. The molecule has 1 aliphatic heterocycles. The van der Waals surface area contributed by atoms with E-state index in [1.165, 1.54) is 0 Å². The van der Waals surface area contributed by atoms with E-state index in [0.29, 0.717) is 19.4 Å². The third-order valence-corrected chi connectivity index (χ3v) is 5.58. The summed E-state index contributed by atoms with van der Waals surface area (Å²) in [7, 11) is 1.05. The molecular weight excluding hydrogens is 288 g/mol. The van der Waals surface area contributed by atoms with Gasteiger partial charge in [-0.2, -0.15) is 0 Å². The molecule has 0 saturated carbocycles. The summed E-state index contributed by atoms with van der Waals surface area (Å²) in [6.45, 7) is 0.478. The van der Waals surface area contributed by atoms with Crippen LogP contribution >= 0.6 is 0 Å². The summed E-state index contributed by atoms with van der Waals surface area (Å²) in [5.41, 5.74) is 2.15. The highest BCUT2D eigenvalue weighted by molar-refractivity contribution is 7.91. The molecule has 1 amide bonds. The molecule has 5 nitrogen and oxygen atoms in total. The Morgan fingerprint density at radius 1 is 1.29 bits per heavy atom. The fraction of sp³-hybridized carbons (Fsp3) is 0.533. The Morgan fingerprint density at radius 2 is 1.95 bits per heavy atom. The summed E-state index contributed by atoms with van der Waals surface area (Å²) < 4.78 is 22.7. The standard InChI is InChI=1S/C15H22N2O3S/c1-17(2)14-5-3-12(4-6-14)10-16-15(18)9-13-7-8-21(19,20)11-13/h3-6,13H,7-11H2,1-2H3,(H,16,18)/t13-/m0/s1. The number of carbonyl (C=O) groups excluding carboxylic acids is 1. The second kappa shape index (κ2) is 6.47. The van der Waals surface area contributed by atoms with Crippen molar-refractivity contribution >= 4 is 21.4 Å². The number of amides is 1. The van der Waals surface area contributed by atoms with Crippen molar-refractivity contribution in [3.63, 3.8) is 0 Å². The fourth-order valence-corrected chi connectivity index (χ4v) is 4.34. The monoisotopic (exact) mass is 310 g/mol. The van der Waals surface area contributed by atoms with Gasteiger partial charge in [0.25, 0.3) is 0 Å². The number of rotatable bonds is 5. The molecule has 1 aromatic carbocycles. The minimum Gasteiger partial charge on any atom is -0.378 e. The van der Waals surface area contributed by atoms with Gasteiger partial charge in [0.1, 0.15) is 0 Å². The van der Waals surface area contributed by atoms with Crippen LogP contribution in [-0.4, -0.2) is 39.9 Å². The second-order valence-electron chi connectivity index (χ2n) is 5.81. The van der Waals surface area contributed by atoms with Crippen molar-refractivity contribution in [3.8, 4) is 0 Å². The Hall–Kier alpha value is -1.56. The normalized spacial score (nSPS) is 20.2. The minimum atomic E-state index is -2.91. The van der Waals surface area contributed by atoms with Crippen LogP contribution in [0.4, 0.5) is 5.69 Å². The van der Waals surface area contributed by atoms with E-state index in [0.717, 1.165) is 11.3 Å².